The summed E-state index contributed by atoms with van der Waals surface area (Å²) in [4.78, 5) is 33.0. The van der Waals surface area contributed by atoms with E-state index < -0.39 is 6.17 Å². The molecule has 1 N–H and O–H groups in total. The van der Waals surface area contributed by atoms with Gasteiger partial charge in [0.15, 0.2) is 0 Å². The fraction of sp³-hybridized carbons (Fsp3) is 0.160. The molecule has 0 saturated carbocycles. The number of rotatable bonds is 4. The summed E-state index contributed by atoms with van der Waals surface area (Å²) in [5.74, 6) is -0.623. The number of fused-ring (bicyclic) bond motifs is 1. The number of para-hydroxylation sites is 1. The second-order valence-electron chi connectivity index (χ2n) is 7.55. The molecule has 4 rings (SSSR count). The quantitative estimate of drug-likeness (QED) is 0.588. The van der Waals surface area contributed by atoms with Crippen LogP contribution in [0.25, 0.3) is 0 Å². The van der Waals surface area contributed by atoms with Gasteiger partial charge in [0.25, 0.3) is 11.8 Å². The molecule has 1 aliphatic rings. The zero-order valence-corrected chi connectivity index (χ0v) is 18.8. The van der Waals surface area contributed by atoms with Crippen molar-refractivity contribution in [1.29, 1.82) is 0 Å². The van der Waals surface area contributed by atoms with Crippen molar-refractivity contribution < 1.29 is 9.59 Å². The van der Waals surface area contributed by atoms with E-state index in [4.69, 9.17) is 4.99 Å². The van der Waals surface area contributed by atoms with E-state index in [1.54, 1.807) is 23.1 Å². The van der Waals surface area contributed by atoms with E-state index in [1.807, 2.05) is 74.5 Å². The Morgan fingerprint density at radius 3 is 2.42 bits per heavy atom. The molecule has 0 aliphatic carbocycles. The predicted octanol–water partition coefficient (Wildman–Crippen LogP) is 4.80. The summed E-state index contributed by atoms with van der Waals surface area (Å²) in [5, 5.41) is 2.83. The van der Waals surface area contributed by atoms with E-state index in [-0.39, 0.29) is 17.9 Å². The van der Waals surface area contributed by atoms with Crippen molar-refractivity contribution in [2.45, 2.75) is 26.1 Å². The molecular weight excluding hydrogens is 454 g/mol. The van der Waals surface area contributed by atoms with Crippen molar-refractivity contribution in [1.82, 2.24) is 5.32 Å². The van der Waals surface area contributed by atoms with Crippen molar-refractivity contribution in [2.24, 2.45) is 4.99 Å². The number of amides is 2. The third kappa shape index (κ3) is 4.30. The zero-order chi connectivity index (χ0) is 22.0. The molecule has 5 nitrogen and oxygen atoms in total. The number of anilines is 1. The Bertz CT molecular complexity index is 1160. The average molecular weight is 476 g/mol. The van der Waals surface area contributed by atoms with E-state index in [2.05, 4.69) is 21.2 Å². The number of hydrogen-bond acceptors (Lipinski definition) is 3. The van der Waals surface area contributed by atoms with Gasteiger partial charge in [0.2, 0.25) is 6.17 Å². The summed E-state index contributed by atoms with van der Waals surface area (Å²) in [6.45, 7) is 3.91. The Hall–Kier alpha value is -3.25. The highest BCUT2D eigenvalue weighted by atomic mass is 79.9. The molecule has 0 saturated heterocycles. The van der Waals surface area contributed by atoms with Gasteiger partial charge in [-0.25, -0.2) is 4.99 Å². The number of nitrogens with zero attached hydrogens (tertiary/aromatic N) is 2. The Kier molecular flexibility index (Phi) is 6.00. The van der Waals surface area contributed by atoms with Crippen molar-refractivity contribution in [3.05, 3.63) is 100 Å². The molecule has 0 radical (unpaired) electrons. The molecular formula is C25H22BrN3O2. The van der Waals surface area contributed by atoms with Crippen molar-refractivity contribution in [2.75, 3.05) is 4.90 Å². The molecule has 1 heterocycles. The molecule has 1 atom stereocenters. The van der Waals surface area contributed by atoms with Gasteiger partial charge >= 0.3 is 0 Å². The standard InChI is InChI=1S/C25H22BrN3O2/c1-16(2)29-21-14-7-6-13-20(21)22(17-9-4-3-5-10-17)27-23(25(29)31)28-24(30)18-11-8-12-19(26)15-18/h3-16,23H,1-2H3,(H,28,30). The van der Waals surface area contributed by atoms with Crippen LogP contribution in [0.4, 0.5) is 5.69 Å². The van der Waals surface area contributed by atoms with Crippen LogP contribution in [0.2, 0.25) is 0 Å². The summed E-state index contributed by atoms with van der Waals surface area (Å²) in [5.41, 5.74) is 3.65. The molecule has 0 fully saturated rings. The molecule has 0 spiro atoms. The van der Waals surface area contributed by atoms with Crippen molar-refractivity contribution >= 4 is 39.1 Å². The van der Waals surface area contributed by atoms with Gasteiger partial charge in [-0.15, -0.1) is 0 Å². The summed E-state index contributed by atoms with van der Waals surface area (Å²) in [6, 6.07) is 24.4. The lowest BCUT2D eigenvalue weighted by atomic mass is 10.00. The molecule has 156 valence electrons. The smallest absolute Gasteiger partial charge is 0.272 e. The van der Waals surface area contributed by atoms with Crippen molar-refractivity contribution in [3.63, 3.8) is 0 Å². The van der Waals surface area contributed by atoms with Crippen LogP contribution >= 0.6 is 15.9 Å². The summed E-state index contributed by atoms with van der Waals surface area (Å²) in [6.07, 6.45) is -1.04. The molecule has 3 aromatic carbocycles. The zero-order valence-electron chi connectivity index (χ0n) is 17.2. The van der Waals surface area contributed by atoms with Crippen LogP contribution in [0.3, 0.4) is 0 Å². The van der Waals surface area contributed by atoms with Gasteiger partial charge in [0.1, 0.15) is 0 Å². The topological polar surface area (TPSA) is 61.8 Å². The number of carbonyl (C=O) groups is 2. The Morgan fingerprint density at radius 1 is 1.00 bits per heavy atom. The maximum atomic E-state index is 13.6. The molecule has 0 bridgehead atoms. The summed E-state index contributed by atoms with van der Waals surface area (Å²) in [7, 11) is 0. The maximum Gasteiger partial charge on any atom is 0.272 e. The van der Waals surface area contributed by atoms with Gasteiger partial charge in [0.05, 0.1) is 11.4 Å². The SMILES string of the molecule is CC(C)N1C(=O)C(NC(=O)c2cccc(Br)c2)N=C(c2ccccc2)c2ccccc21. The van der Waals surface area contributed by atoms with Gasteiger partial charge in [0, 0.05) is 27.2 Å². The molecule has 6 heteroatoms. The first kappa shape index (κ1) is 21.0. The van der Waals surface area contributed by atoms with Crippen LogP contribution < -0.4 is 10.2 Å². The third-order valence-corrected chi connectivity index (χ3v) is 5.56. The Morgan fingerprint density at radius 2 is 1.71 bits per heavy atom. The second kappa shape index (κ2) is 8.86. The Balaban J connectivity index is 1.82. The van der Waals surface area contributed by atoms with Gasteiger partial charge in [-0.05, 0) is 38.1 Å². The van der Waals surface area contributed by atoms with E-state index in [0.717, 1.165) is 21.3 Å². The first-order valence-electron chi connectivity index (χ1n) is 10.1. The lowest BCUT2D eigenvalue weighted by molar-refractivity contribution is -0.120. The van der Waals surface area contributed by atoms with Gasteiger partial charge in [-0.1, -0.05) is 70.5 Å². The highest BCUT2D eigenvalue weighted by molar-refractivity contribution is 9.10. The van der Waals surface area contributed by atoms with Crippen LogP contribution in [-0.2, 0) is 4.79 Å². The minimum absolute atomic E-state index is 0.107. The number of aliphatic imine (C=N–C) groups is 1. The largest absolute Gasteiger partial charge is 0.322 e. The number of hydrogen-bond donors (Lipinski definition) is 1. The molecule has 0 aromatic heterocycles. The van der Waals surface area contributed by atoms with Crippen LogP contribution in [0.5, 0.6) is 0 Å². The number of benzene rings is 3. The van der Waals surface area contributed by atoms with E-state index >= 15 is 0 Å². The first-order chi connectivity index (χ1) is 15.0. The van der Waals surface area contributed by atoms with Crippen LogP contribution in [0, 0.1) is 0 Å². The normalized spacial score (nSPS) is 15.9. The van der Waals surface area contributed by atoms with Crippen molar-refractivity contribution in [3.8, 4) is 0 Å². The number of carbonyl (C=O) groups excluding carboxylic acids is 2. The number of benzodiazepines with no additional fused rings is 1. The molecule has 2 amide bonds. The fourth-order valence-corrected chi connectivity index (χ4v) is 4.08. The fourth-order valence-electron chi connectivity index (χ4n) is 3.68. The number of halogens is 1. The lowest BCUT2D eigenvalue weighted by Crippen LogP contribution is -2.49. The third-order valence-electron chi connectivity index (χ3n) is 5.07. The summed E-state index contributed by atoms with van der Waals surface area (Å²) >= 11 is 3.39. The monoisotopic (exact) mass is 475 g/mol. The second-order valence-corrected chi connectivity index (χ2v) is 8.46. The van der Waals surface area contributed by atoms with Crippen LogP contribution in [-0.4, -0.2) is 29.7 Å². The molecule has 1 aliphatic heterocycles. The van der Waals surface area contributed by atoms with Gasteiger partial charge in [-0.2, -0.15) is 0 Å². The maximum absolute atomic E-state index is 13.6. The van der Waals surface area contributed by atoms with E-state index in [1.165, 1.54) is 0 Å². The highest BCUT2D eigenvalue weighted by Crippen LogP contribution is 2.29. The van der Waals surface area contributed by atoms with Gasteiger partial charge < -0.3 is 10.2 Å². The minimum atomic E-state index is -1.04. The van der Waals surface area contributed by atoms with Crippen LogP contribution in [0.15, 0.2) is 88.3 Å². The highest BCUT2D eigenvalue weighted by Gasteiger charge is 2.34. The number of nitrogens with one attached hydrogen (secondary N) is 1. The summed E-state index contributed by atoms with van der Waals surface area (Å²) < 4.78 is 0.789. The molecule has 31 heavy (non-hydrogen) atoms. The first-order valence-corrected chi connectivity index (χ1v) is 10.9. The predicted molar refractivity (Wildman–Crippen MR) is 127 cm³/mol. The van der Waals surface area contributed by atoms with E-state index in [0.29, 0.717) is 11.3 Å². The van der Waals surface area contributed by atoms with Crippen LogP contribution in [0.1, 0.15) is 35.3 Å². The molecule has 1 unspecified atom stereocenters. The molecule has 3 aromatic rings. The van der Waals surface area contributed by atoms with E-state index in [9.17, 15) is 9.59 Å². The lowest BCUT2D eigenvalue weighted by Gasteiger charge is -2.29. The average Bonchev–Trinajstić information content (AvgIpc) is 2.89. The Labute approximate surface area is 189 Å². The van der Waals surface area contributed by atoms with Gasteiger partial charge in [-0.3, -0.25) is 9.59 Å². The minimum Gasteiger partial charge on any atom is -0.322 e.